The summed E-state index contributed by atoms with van der Waals surface area (Å²) < 4.78 is 42.1. The molecule has 0 bridgehead atoms. The van der Waals surface area contributed by atoms with Crippen LogP contribution in [0.3, 0.4) is 0 Å². The standard InChI is InChI=1S/C25H24BrO8P/c1-30-15-13-19(32-3)21(20(14-15)33-4)24(27)35(29,16-9-7-6-8-10-16)25(28)22-18(31-2)12-11-17(26)23(22)34-5/h6-14H,1-5H3. The molecule has 0 aromatic heterocycles. The van der Waals surface area contributed by atoms with Gasteiger partial charge in [0.2, 0.25) is 18.2 Å². The van der Waals surface area contributed by atoms with Crippen LogP contribution in [0.4, 0.5) is 0 Å². The zero-order chi connectivity index (χ0) is 25.8. The van der Waals surface area contributed by atoms with Crippen LogP contribution >= 0.6 is 23.1 Å². The second kappa shape index (κ2) is 11.0. The van der Waals surface area contributed by atoms with Crippen molar-refractivity contribution in [1.29, 1.82) is 0 Å². The molecule has 0 N–H and O–H groups in total. The van der Waals surface area contributed by atoms with Gasteiger partial charge in [0.25, 0.3) is 0 Å². The minimum atomic E-state index is -4.56. The maximum atomic E-state index is 14.8. The van der Waals surface area contributed by atoms with Gasteiger partial charge in [-0.25, -0.2) is 0 Å². The van der Waals surface area contributed by atoms with Crippen LogP contribution in [0.2, 0.25) is 0 Å². The molecule has 0 spiro atoms. The molecule has 35 heavy (non-hydrogen) atoms. The minimum absolute atomic E-state index is 0.0407. The summed E-state index contributed by atoms with van der Waals surface area (Å²) in [5, 5.41) is 0.0407. The lowest BCUT2D eigenvalue weighted by atomic mass is 10.2. The van der Waals surface area contributed by atoms with Crippen LogP contribution in [0.25, 0.3) is 0 Å². The lowest BCUT2D eigenvalue weighted by Crippen LogP contribution is -2.22. The Kier molecular flexibility index (Phi) is 8.25. The van der Waals surface area contributed by atoms with E-state index < -0.39 is 18.2 Å². The maximum absolute atomic E-state index is 14.8. The van der Waals surface area contributed by atoms with Gasteiger partial charge in [-0.2, -0.15) is 0 Å². The van der Waals surface area contributed by atoms with Gasteiger partial charge in [0, 0.05) is 17.4 Å². The number of benzene rings is 3. The molecule has 0 radical (unpaired) electrons. The molecule has 0 aliphatic heterocycles. The van der Waals surface area contributed by atoms with E-state index in [-0.39, 0.29) is 39.4 Å². The largest absolute Gasteiger partial charge is 0.496 e. The van der Waals surface area contributed by atoms with Crippen LogP contribution in [0, 0.1) is 0 Å². The molecule has 184 valence electrons. The molecule has 0 saturated carbocycles. The van der Waals surface area contributed by atoms with E-state index in [0.717, 1.165) is 0 Å². The highest BCUT2D eigenvalue weighted by molar-refractivity contribution is 9.10. The van der Waals surface area contributed by atoms with Crippen molar-refractivity contribution in [2.45, 2.75) is 0 Å². The van der Waals surface area contributed by atoms with Gasteiger partial charge in [-0.1, -0.05) is 30.3 Å². The second-order valence-electron chi connectivity index (χ2n) is 7.12. The lowest BCUT2D eigenvalue weighted by molar-refractivity contribution is 0.103. The van der Waals surface area contributed by atoms with Crippen molar-refractivity contribution in [1.82, 2.24) is 0 Å². The molecular formula is C25H24BrO8P. The number of hydrogen-bond donors (Lipinski definition) is 0. The van der Waals surface area contributed by atoms with E-state index >= 15 is 0 Å². The molecule has 3 aromatic carbocycles. The minimum Gasteiger partial charge on any atom is -0.496 e. The Morgan fingerprint density at radius 3 is 1.71 bits per heavy atom. The third-order valence-corrected chi connectivity index (χ3v) is 8.57. The summed E-state index contributed by atoms with van der Waals surface area (Å²) in [6.45, 7) is 0. The van der Waals surface area contributed by atoms with Crippen molar-refractivity contribution >= 4 is 39.4 Å². The highest BCUT2D eigenvalue weighted by atomic mass is 79.9. The smallest absolute Gasteiger partial charge is 0.249 e. The first-order valence-electron chi connectivity index (χ1n) is 10.2. The number of methoxy groups -OCH3 is 5. The maximum Gasteiger partial charge on any atom is 0.249 e. The fourth-order valence-electron chi connectivity index (χ4n) is 3.61. The van der Waals surface area contributed by atoms with Gasteiger partial charge in [-0.15, -0.1) is 0 Å². The molecule has 1 unspecified atom stereocenters. The normalized spacial score (nSPS) is 12.3. The van der Waals surface area contributed by atoms with E-state index in [4.69, 9.17) is 23.7 Å². The summed E-state index contributed by atoms with van der Waals surface area (Å²) in [4.78, 5) is 28.3. The van der Waals surface area contributed by atoms with Crippen molar-refractivity contribution in [3.05, 3.63) is 70.2 Å². The number of ether oxygens (including phenoxy) is 5. The monoisotopic (exact) mass is 562 g/mol. The van der Waals surface area contributed by atoms with Crippen molar-refractivity contribution in [2.24, 2.45) is 0 Å². The first-order chi connectivity index (χ1) is 16.8. The van der Waals surface area contributed by atoms with Crippen LogP contribution in [0.5, 0.6) is 28.7 Å². The lowest BCUT2D eigenvalue weighted by Gasteiger charge is -2.22. The Balaban J connectivity index is 2.38. The van der Waals surface area contributed by atoms with E-state index in [1.54, 1.807) is 24.3 Å². The predicted octanol–water partition coefficient (Wildman–Crippen LogP) is 5.16. The van der Waals surface area contributed by atoms with Gasteiger partial charge >= 0.3 is 0 Å². The average Bonchev–Trinajstić information content (AvgIpc) is 2.90. The molecule has 0 amide bonds. The number of hydrogen-bond acceptors (Lipinski definition) is 8. The van der Waals surface area contributed by atoms with Gasteiger partial charge in [0.05, 0.1) is 40.0 Å². The summed E-state index contributed by atoms with van der Waals surface area (Å²) in [7, 11) is 2.31. The summed E-state index contributed by atoms with van der Waals surface area (Å²) in [6.07, 6.45) is 0. The molecule has 0 heterocycles. The first-order valence-corrected chi connectivity index (χ1v) is 12.7. The zero-order valence-corrected chi connectivity index (χ0v) is 22.3. The molecular weight excluding hydrogens is 539 g/mol. The molecule has 3 rings (SSSR count). The Bertz CT molecular complexity index is 1280. The predicted molar refractivity (Wildman–Crippen MR) is 136 cm³/mol. The third kappa shape index (κ3) is 4.66. The van der Waals surface area contributed by atoms with Crippen LogP contribution in [0.1, 0.15) is 20.7 Å². The molecule has 0 aliphatic rings. The van der Waals surface area contributed by atoms with Crippen molar-refractivity contribution in [3.8, 4) is 28.7 Å². The molecule has 0 saturated heterocycles. The number of carbonyl (C=O) groups is 2. The Labute approximate surface area is 211 Å². The third-order valence-electron chi connectivity index (χ3n) is 5.33. The van der Waals surface area contributed by atoms with Gasteiger partial charge < -0.3 is 28.2 Å². The average molecular weight is 563 g/mol. The highest BCUT2D eigenvalue weighted by Gasteiger charge is 2.47. The Morgan fingerprint density at radius 2 is 1.23 bits per heavy atom. The SMILES string of the molecule is COc1cc(OC)c(C(=O)P(=O)(C(=O)c2c(OC)ccc(Br)c2OC)c2ccccc2)c(OC)c1. The molecule has 1 atom stereocenters. The van der Waals surface area contributed by atoms with Crippen molar-refractivity contribution in [3.63, 3.8) is 0 Å². The summed E-state index contributed by atoms with van der Waals surface area (Å²) >= 11 is 3.34. The first kappa shape index (κ1) is 26.3. The number of rotatable bonds is 10. The Morgan fingerprint density at radius 1 is 0.686 bits per heavy atom. The van der Waals surface area contributed by atoms with Gasteiger partial charge in [-0.3, -0.25) is 9.59 Å². The molecule has 0 aliphatic carbocycles. The summed E-state index contributed by atoms with van der Waals surface area (Å²) in [5.41, 5.74) is -2.20. The van der Waals surface area contributed by atoms with E-state index in [1.807, 2.05) is 0 Å². The molecule has 8 nitrogen and oxygen atoms in total. The van der Waals surface area contributed by atoms with Crippen LogP contribution in [-0.4, -0.2) is 46.6 Å². The topological polar surface area (TPSA) is 97.4 Å². The van der Waals surface area contributed by atoms with Crippen molar-refractivity contribution < 1.29 is 37.8 Å². The van der Waals surface area contributed by atoms with Crippen molar-refractivity contribution in [2.75, 3.05) is 35.5 Å². The summed E-state index contributed by atoms with van der Waals surface area (Å²) in [5.74, 6) is 0.637. The quantitative estimate of drug-likeness (QED) is 0.312. The van der Waals surface area contributed by atoms with E-state index in [2.05, 4.69) is 15.9 Å². The van der Waals surface area contributed by atoms with Gasteiger partial charge in [0.15, 0.2) is 0 Å². The van der Waals surface area contributed by atoms with Gasteiger partial charge in [0.1, 0.15) is 39.9 Å². The van der Waals surface area contributed by atoms with E-state index in [1.165, 1.54) is 65.9 Å². The van der Waals surface area contributed by atoms with Crippen LogP contribution < -0.4 is 29.0 Å². The zero-order valence-electron chi connectivity index (χ0n) is 19.8. The number of halogens is 1. The second-order valence-corrected chi connectivity index (χ2v) is 10.5. The molecule has 10 heteroatoms. The fraction of sp³-hybridized carbons (Fsp3) is 0.200. The fourth-order valence-corrected chi connectivity index (χ4v) is 6.41. The molecule has 0 fully saturated rings. The van der Waals surface area contributed by atoms with Crippen LogP contribution in [-0.2, 0) is 4.57 Å². The summed E-state index contributed by atoms with van der Waals surface area (Å²) in [6, 6.07) is 13.9. The molecule has 3 aromatic rings. The van der Waals surface area contributed by atoms with E-state index in [9.17, 15) is 14.2 Å². The number of carbonyl (C=O) groups excluding carboxylic acids is 2. The van der Waals surface area contributed by atoms with E-state index in [0.29, 0.717) is 10.2 Å². The van der Waals surface area contributed by atoms with Gasteiger partial charge in [-0.05, 0) is 28.1 Å². The Hall–Kier alpha value is -3.29. The highest BCUT2D eigenvalue weighted by Crippen LogP contribution is 2.56. The van der Waals surface area contributed by atoms with Crippen LogP contribution in [0.15, 0.2) is 59.1 Å².